The van der Waals surface area contributed by atoms with Gasteiger partial charge in [-0.1, -0.05) is 40.5 Å². The van der Waals surface area contributed by atoms with Gasteiger partial charge in [0.05, 0.1) is 6.42 Å². The van der Waals surface area contributed by atoms with Crippen molar-refractivity contribution in [2.45, 2.75) is 50.6 Å². The molecule has 0 saturated heterocycles. The van der Waals surface area contributed by atoms with Gasteiger partial charge in [0.2, 0.25) is 5.91 Å². The smallest absolute Gasteiger partial charge is 0.224 e. The van der Waals surface area contributed by atoms with Crippen LogP contribution in [0.25, 0.3) is 0 Å². The molecule has 1 amide bonds. The minimum atomic E-state index is 0. The van der Waals surface area contributed by atoms with Gasteiger partial charge in [-0.2, -0.15) is 0 Å². The zero-order valence-electron chi connectivity index (χ0n) is 12.6. The molecule has 3 rings (SSSR count). The third kappa shape index (κ3) is 4.03. The van der Waals surface area contributed by atoms with E-state index in [0.717, 1.165) is 22.9 Å². The van der Waals surface area contributed by atoms with E-state index in [1.165, 1.54) is 19.3 Å². The first-order valence-corrected chi connectivity index (χ1v) is 8.71. The van der Waals surface area contributed by atoms with E-state index in [-0.39, 0.29) is 18.3 Å². The minimum Gasteiger partial charge on any atom is -0.353 e. The van der Waals surface area contributed by atoms with Gasteiger partial charge < -0.3 is 11.1 Å². The Kier molecular flexibility index (Phi) is 6.30. The van der Waals surface area contributed by atoms with E-state index >= 15 is 0 Å². The van der Waals surface area contributed by atoms with Crippen LogP contribution < -0.4 is 11.1 Å². The lowest BCUT2D eigenvalue weighted by Crippen LogP contribution is -2.54. The summed E-state index contributed by atoms with van der Waals surface area (Å²) in [5, 5.41) is 3.30. The molecule has 5 heteroatoms. The Bertz CT molecular complexity index is 511. The third-order valence-corrected chi connectivity index (χ3v) is 5.79. The maximum atomic E-state index is 12.4. The zero-order chi connectivity index (χ0) is 14.8. The van der Waals surface area contributed by atoms with E-state index in [1.54, 1.807) is 0 Å². The van der Waals surface area contributed by atoms with Crippen molar-refractivity contribution in [1.82, 2.24) is 5.32 Å². The quantitative estimate of drug-likeness (QED) is 0.835. The number of hydrogen-bond acceptors (Lipinski definition) is 2. The van der Waals surface area contributed by atoms with Gasteiger partial charge in [-0.15, -0.1) is 12.4 Å². The van der Waals surface area contributed by atoms with E-state index in [4.69, 9.17) is 5.73 Å². The van der Waals surface area contributed by atoms with Crippen LogP contribution in [0, 0.1) is 11.8 Å². The Labute approximate surface area is 147 Å². The molecule has 0 spiro atoms. The van der Waals surface area contributed by atoms with Gasteiger partial charge in [-0.3, -0.25) is 4.79 Å². The lowest BCUT2D eigenvalue weighted by atomic mass is 9.67. The Morgan fingerprint density at radius 1 is 1.23 bits per heavy atom. The van der Waals surface area contributed by atoms with Crippen molar-refractivity contribution in [3.63, 3.8) is 0 Å². The molecule has 2 atom stereocenters. The second-order valence-electron chi connectivity index (χ2n) is 6.54. The van der Waals surface area contributed by atoms with Crippen LogP contribution in [0.2, 0.25) is 0 Å². The Morgan fingerprint density at radius 3 is 2.50 bits per heavy atom. The van der Waals surface area contributed by atoms with Gasteiger partial charge in [-0.05, 0) is 49.1 Å². The first kappa shape index (κ1) is 17.8. The molecule has 3 nitrogen and oxygen atoms in total. The van der Waals surface area contributed by atoms with Gasteiger partial charge in [0.1, 0.15) is 0 Å². The van der Waals surface area contributed by atoms with E-state index in [9.17, 15) is 4.79 Å². The number of benzene rings is 1. The molecule has 0 heterocycles. The van der Waals surface area contributed by atoms with E-state index < -0.39 is 0 Å². The van der Waals surface area contributed by atoms with Crippen LogP contribution in [-0.2, 0) is 11.2 Å². The fourth-order valence-electron chi connectivity index (χ4n) is 4.08. The van der Waals surface area contributed by atoms with Crippen molar-refractivity contribution in [3.05, 3.63) is 34.3 Å². The van der Waals surface area contributed by atoms with Crippen LogP contribution in [-0.4, -0.2) is 18.0 Å². The van der Waals surface area contributed by atoms with Gasteiger partial charge >= 0.3 is 0 Å². The number of halogens is 2. The topological polar surface area (TPSA) is 55.1 Å². The maximum absolute atomic E-state index is 12.4. The summed E-state index contributed by atoms with van der Waals surface area (Å²) in [6.45, 7) is 0. The van der Waals surface area contributed by atoms with Gasteiger partial charge in [0.25, 0.3) is 0 Å². The monoisotopic (exact) mass is 386 g/mol. The van der Waals surface area contributed by atoms with Crippen molar-refractivity contribution in [3.8, 4) is 0 Å². The molecule has 22 heavy (non-hydrogen) atoms. The van der Waals surface area contributed by atoms with Crippen molar-refractivity contribution < 1.29 is 4.79 Å². The second kappa shape index (κ2) is 7.80. The SMILES string of the molecule is Cl.NC1CC2CCCC(C1)C2NC(=O)Cc1ccccc1Br. The summed E-state index contributed by atoms with van der Waals surface area (Å²) in [5.41, 5.74) is 7.19. The molecule has 1 aromatic carbocycles. The number of carbonyl (C=O) groups is 1. The summed E-state index contributed by atoms with van der Waals surface area (Å²) in [6.07, 6.45) is 6.30. The number of carbonyl (C=O) groups excluding carboxylic acids is 1. The summed E-state index contributed by atoms with van der Waals surface area (Å²) in [6, 6.07) is 8.60. The first-order chi connectivity index (χ1) is 10.1. The molecule has 2 saturated carbocycles. The highest BCUT2D eigenvalue weighted by atomic mass is 79.9. The third-order valence-electron chi connectivity index (χ3n) is 5.01. The highest BCUT2D eigenvalue weighted by Gasteiger charge is 2.39. The molecule has 3 N–H and O–H groups in total. The number of fused-ring (bicyclic) bond motifs is 2. The Hall–Kier alpha value is -0.580. The van der Waals surface area contributed by atoms with Crippen LogP contribution >= 0.6 is 28.3 Å². The molecule has 2 aliphatic rings. The van der Waals surface area contributed by atoms with Crippen molar-refractivity contribution in [1.29, 1.82) is 0 Å². The highest BCUT2D eigenvalue weighted by Crippen LogP contribution is 2.39. The molecule has 2 unspecified atom stereocenters. The summed E-state index contributed by atoms with van der Waals surface area (Å²) in [5.74, 6) is 1.30. The highest BCUT2D eigenvalue weighted by molar-refractivity contribution is 9.10. The largest absolute Gasteiger partial charge is 0.353 e. The van der Waals surface area contributed by atoms with Crippen LogP contribution in [0.3, 0.4) is 0 Å². The van der Waals surface area contributed by atoms with Gasteiger partial charge in [-0.25, -0.2) is 0 Å². The van der Waals surface area contributed by atoms with Crippen molar-refractivity contribution in [2.24, 2.45) is 17.6 Å². The van der Waals surface area contributed by atoms with E-state index in [1.807, 2.05) is 24.3 Å². The Balaban J connectivity index is 0.00000176. The molecule has 0 aromatic heterocycles. The van der Waals surface area contributed by atoms with Crippen LogP contribution in [0.4, 0.5) is 0 Å². The number of hydrogen-bond donors (Lipinski definition) is 2. The van der Waals surface area contributed by atoms with Crippen LogP contribution in [0.5, 0.6) is 0 Å². The molecule has 1 aromatic rings. The summed E-state index contributed by atoms with van der Waals surface area (Å²) in [7, 11) is 0. The standard InChI is InChI=1S/C17H23BrN2O.ClH/c18-15-7-2-1-4-11(15)10-16(21)20-17-12-5-3-6-13(17)9-14(19)8-12;/h1-2,4,7,12-14,17H,3,5-6,8-10,19H2,(H,20,21);1H. The van der Waals surface area contributed by atoms with Crippen molar-refractivity contribution >= 4 is 34.2 Å². The van der Waals surface area contributed by atoms with Crippen LogP contribution in [0.1, 0.15) is 37.7 Å². The average molecular weight is 388 g/mol. The molecular formula is C17H24BrClN2O. The molecule has 2 aliphatic carbocycles. The molecule has 0 radical (unpaired) electrons. The first-order valence-electron chi connectivity index (χ1n) is 7.92. The summed E-state index contributed by atoms with van der Waals surface area (Å²) < 4.78 is 1.01. The number of amides is 1. The summed E-state index contributed by atoms with van der Waals surface area (Å²) >= 11 is 3.51. The van der Waals surface area contributed by atoms with Gasteiger partial charge in [0, 0.05) is 16.6 Å². The zero-order valence-corrected chi connectivity index (χ0v) is 15.0. The van der Waals surface area contributed by atoms with Crippen LogP contribution in [0.15, 0.2) is 28.7 Å². The van der Waals surface area contributed by atoms with E-state index in [0.29, 0.717) is 30.3 Å². The lowest BCUT2D eigenvalue weighted by Gasteiger charge is -2.45. The minimum absolute atomic E-state index is 0. The predicted octanol–water partition coefficient (Wildman–Crippen LogP) is 3.44. The predicted molar refractivity (Wildman–Crippen MR) is 95.1 cm³/mol. The van der Waals surface area contributed by atoms with Crippen molar-refractivity contribution in [2.75, 3.05) is 0 Å². The van der Waals surface area contributed by atoms with Gasteiger partial charge in [0.15, 0.2) is 0 Å². The molecule has 2 fully saturated rings. The number of rotatable bonds is 3. The summed E-state index contributed by atoms with van der Waals surface area (Å²) in [4.78, 5) is 12.4. The Morgan fingerprint density at radius 2 is 1.86 bits per heavy atom. The molecular weight excluding hydrogens is 364 g/mol. The molecule has 122 valence electrons. The maximum Gasteiger partial charge on any atom is 0.224 e. The molecule has 2 bridgehead atoms. The second-order valence-corrected chi connectivity index (χ2v) is 7.40. The fraction of sp³-hybridized carbons (Fsp3) is 0.588. The number of nitrogens with two attached hydrogens (primary N) is 1. The normalized spacial score (nSPS) is 30.3. The fourth-order valence-corrected chi connectivity index (χ4v) is 4.50. The average Bonchev–Trinajstić information content (AvgIpc) is 2.42. The lowest BCUT2D eigenvalue weighted by molar-refractivity contribution is -0.122. The number of nitrogens with one attached hydrogen (secondary N) is 1. The molecule has 0 aliphatic heterocycles. The van der Waals surface area contributed by atoms with E-state index in [2.05, 4.69) is 21.2 Å².